The standard InChI is InChI=1S/C19H18N4O2S/c1-22(26(24,25)19-10-6-5-9-18(19)11-20)13-17-12-21-23(15-17)14-16-7-3-2-4-8-16/h2-10,12,15H,13-14H2,1H3. The van der Waals surface area contributed by atoms with Gasteiger partial charge in [0.15, 0.2) is 0 Å². The van der Waals surface area contributed by atoms with E-state index in [-0.39, 0.29) is 17.0 Å². The van der Waals surface area contributed by atoms with E-state index in [1.807, 2.05) is 42.6 Å². The molecule has 1 heterocycles. The van der Waals surface area contributed by atoms with Gasteiger partial charge in [-0.2, -0.15) is 14.7 Å². The zero-order valence-corrected chi connectivity index (χ0v) is 15.1. The van der Waals surface area contributed by atoms with Crippen LogP contribution in [0.2, 0.25) is 0 Å². The van der Waals surface area contributed by atoms with Crippen molar-refractivity contribution in [2.24, 2.45) is 0 Å². The molecule has 3 rings (SSSR count). The molecule has 0 aliphatic heterocycles. The summed E-state index contributed by atoms with van der Waals surface area (Å²) in [4.78, 5) is 0.0154. The molecule has 6 nitrogen and oxygen atoms in total. The fourth-order valence-corrected chi connectivity index (χ4v) is 3.94. The lowest BCUT2D eigenvalue weighted by atomic mass is 10.2. The van der Waals surface area contributed by atoms with Gasteiger partial charge >= 0.3 is 0 Å². The fraction of sp³-hybridized carbons (Fsp3) is 0.158. The molecule has 26 heavy (non-hydrogen) atoms. The van der Waals surface area contributed by atoms with Crippen molar-refractivity contribution in [3.63, 3.8) is 0 Å². The Labute approximate surface area is 153 Å². The summed E-state index contributed by atoms with van der Waals surface area (Å²) in [5.74, 6) is 0. The third-order valence-electron chi connectivity index (χ3n) is 3.98. The van der Waals surface area contributed by atoms with Crippen LogP contribution in [0.15, 0.2) is 71.9 Å². The Morgan fingerprint density at radius 1 is 1.08 bits per heavy atom. The van der Waals surface area contributed by atoms with Gasteiger partial charge in [0.2, 0.25) is 10.0 Å². The fourth-order valence-electron chi connectivity index (χ4n) is 2.64. The number of rotatable bonds is 6. The Bertz CT molecular complexity index is 1040. The summed E-state index contributed by atoms with van der Waals surface area (Å²) in [6, 6.07) is 18.0. The number of hydrogen-bond acceptors (Lipinski definition) is 4. The van der Waals surface area contributed by atoms with Crippen molar-refractivity contribution in [3.8, 4) is 6.07 Å². The van der Waals surface area contributed by atoms with E-state index in [2.05, 4.69) is 5.10 Å². The Balaban J connectivity index is 1.76. The highest BCUT2D eigenvalue weighted by atomic mass is 32.2. The molecule has 0 atom stereocenters. The molecule has 0 saturated heterocycles. The Morgan fingerprint density at radius 3 is 2.50 bits per heavy atom. The van der Waals surface area contributed by atoms with Crippen molar-refractivity contribution in [1.82, 2.24) is 14.1 Å². The van der Waals surface area contributed by atoms with E-state index < -0.39 is 10.0 Å². The van der Waals surface area contributed by atoms with Crippen LogP contribution >= 0.6 is 0 Å². The van der Waals surface area contributed by atoms with Gasteiger partial charge in [-0.3, -0.25) is 4.68 Å². The van der Waals surface area contributed by atoms with Gasteiger partial charge in [-0.05, 0) is 17.7 Å². The molecule has 0 aliphatic rings. The predicted octanol–water partition coefficient (Wildman–Crippen LogP) is 2.62. The summed E-state index contributed by atoms with van der Waals surface area (Å²) >= 11 is 0. The predicted molar refractivity (Wildman–Crippen MR) is 97.6 cm³/mol. The molecule has 0 aliphatic carbocycles. The molecule has 2 aromatic carbocycles. The second kappa shape index (κ2) is 7.52. The van der Waals surface area contributed by atoms with Crippen LogP contribution in [0.3, 0.4) is 0 Å². The van der Waals surface area contributed by atoms with Crippen molar-refractivity contribution in [2.45, 2.75) is 18.0 Å². The molecular weight excluding hydrogens is 348 g/mol. The molecule has 0 unspecified atom stereocenters. The van der Waals surface area contributed by atoms with Crippen LogP contribution in [0.1, 0.15) is 16.7 Å². The molecule has 0 N–H and O–H groups in total. The molecule has 0 spiro atoms. The van der Waals surface area contributed by atoms with Crippen LogP contribution in [-0.4, -0.2) is 29.6 Å². The average molecular weight is 366 g/mol. The van der Waals surface area contributed by atoms with E-state index in [0.29, 0.717) is 6.54 Å². The average Bonchev–Trinajstić information content (AvgIpc) is 3.09. The van der Waals surface area contributed by atoms with Crippen LogP contribution < -0.4 is 0 Å². The van der Waals surface area contributed by atoms with Crippen molar-refractivity contribution < 1.29 is 8.42 Å². The van der Waals surface area contributed by atoms with Crippen molar-refractivity contribution in [3.05, 3.63) is 83.7 Å². The van der Waals surface area contributed by atoms with Gasteiger partial charge in [0.05, 0.1) is 23.2 Å². The Morgan fingerprint density at radius 2 is 1.77 bits per heavy atom. The van der Waals surface area contributed by atoms with Crippen molar-refractivity contribution in [2.75, 3.05) is 7.05 Å². The van der Waals surface area contributed by atoms with Gasteiger partial charge in [0.1, 0.15) is 6.07 Å². The van der Waals surface area contributed by atoms with Crippen molar-refractivity contribution in [1.29, 1.82) is 5.26 Å². The number of benzene rings is 2. The lowest BCUT2D eigenvalue weighted by Crippen LogP contribution is -2.27. The molecule has 7 heteroatoms. The van der Waals surface area contributed by atoms with E-state index in [9.17, 15) is 8.42 Å². The summed E-state index contributed by atoms with van der Waals surface area (Å²) in [5.41, 5.74) is 2.03. The minimum absolute atomic E-state index is 0.0154. The topological polar surface area (TPSA) is 79.0 Å². The van der Waals surface area contributed by atoms with Crippen LogP contribution in [0.25, 0.3) is 0 Å². The summed E-state index contributed by atoms with van der Waals surface area (Å²) in [6.45, 7) is 0.797. The summed E-state index contributed by atoms with van der Waals surface area (Å²) < 4.78 is 28.5. The third-order valence-corrected chi connectivity index (χ3v) is 5.84. The molecule has 0 fully saturated rings. The van der Waals surface area contributed by atoms with Crippen LogP contribution in [0.4, 0.5) is 0 Å². The monoisotopic (exact) mass is 366 g/mol. The van der Waals surface area contributed by atoms with Gasteiger partial charge < -0.3 is 0 Å². The maximum Gasteiger partial charge on any atom is 0.244 e. The molecular formula is C19H18N4O2S. The summed E-state index contributed by atoms with van der Waals surface area (Å²) in [6.07, 6.45) is 3.49. The van der Waals surface area contributed by atoms with E-state index in [1.165, 1.54) is 23.5 Å². The highest BCUT2D eigenvalue weighted by molar-refractivity contribution is 7.89. The number of nitrogens with zero attached hydrogens (tertiary/aromatic N) is 4. The van der Waals surface area contributed by atoms with Crippen LogP contribution in [0, 0.1) is 11.3 Å². The van der Waals surface area contributed by atoms with Crippen LogP contribution in [0.5, 0.6) is 0 Å². The molecule has 0 amide bonds. The smallest absolute Gasteiger partial charge is 0.244 e. The first-order valence-electron chi connectivity index (χ1n) is 8.01. The lowest BCUT2D eigenvalue weighted by molar-refractivity contribution is 0.466. The van der Waals surface area contributed by atoms with Gasteiger partial charge in [-0.1, -0.05) is 42.5 Å². The Kier molecular flexibility index (Phi) is 5.16. The van der Waals surface area contributed by atoms with Crippen LogP contribution in [-0.2, 0) is 23.1 Å². The molecule has 0 saturated carbocycles. The maximum absolute atomic E-state index is 12.8. The Hall–Kier alpha value is -2.95. The van der Waals surface area contributed by atoms with E-state index >= 15 is 0 Å². The van der Waals surface area contributed by atoms with E-state index in [4.69, 9.17) is 5.26 Å². The highest BCUT2D eigenvalue weighted by Crippen LogP contribution is 2.20. The minimum Gasteiger partial charge on any atom is -0.268 e. The van der Waals surface area contributed by atoms with Gasteiger partial charge in [-0.15, -0.1) is 0 Å². The summed E-state index contributed by atoms with van der Waals surface area (Å²) in [5, 5.41) is 13.4. The first kappa shape index (κ1) is 17.9. The number of nitriles is 1. The SMILES string of the molecule is CN(Cc1cnn(Cc2ccccc2)c1)S(=O)(=O)c1ccccc1C#N. The largest absolute Gasteiger partial charge is 0.268 e. The minimum atomic E-state index is -3.76. The third kappa shape index (κ3) is 3.82. The van der Waals surface area contributed by atoms with E-state index in [0.717, 1.165) is 11.1 Å². The number of aromatic nitrogens is 2. The lowest BCUT2D eigenvalue weighted by Gasteiger charge is -2.17. The van der Waals surface area contributed by atoms with Gasteiger partial charge in [0, 0.05) is 25.4 Å². The summed E-state index contributed by atoms with van der Waals surface area (Å²) in [7, 11) is -2.26. The molecule has 0 radical (unpaired) electrons. The zero-order valence-electron chi connectivity index (χ0n) is 14.3. The van der Waals surface area contributed by atoms with Crippen molar-refractivity contribution >= 4 is 10.0 Å². The second-order valence-electron chi connectivity index (χ2n) is 5.90. The molecule has 1 aromatic heterocycles. The molecule has 132 valence electrons. The quantitative estimate of drug-likeness (QED) is 0.672. The maximum atomic E-state index is 12.8. The van der Waals surface area contributed by atoms with Gasteiger partial charge in [-0.25, -0.2) is 8.42 Å². The first-order chi connectivity index (χ1) is 12.5. The van der Waals surface area contributed by atoms with E-state index in [1.54, 1.807) is 23.0 Å². The molecule has 3 aromatic rings. The first-order valence-corrected chi connectivity index (χ1v) is 9.45. The number of sulfonamides is 1. The molecule has 0 bridgehead atoms. The highest BCUT2D eigenvalue weighted by Gasteiger charge is 2.24. The zero-order chi connectivity index (χ0) is 18.6. The second-order valence-corrected chi connectivity index (χ2v) is 7.91. The number of hydrogen-bond donors (Lipinski definition) is 0. The van der Waals surface area contributed by atoms with Gasteiger partial charge in [0.25, 0.3) is 0 Å². The normalized spacial score (nSPS) is 11.4.